The van der Waals surface area contributed by atoms with Gasteiger partial charge in [-0.3, -0.25) is 0 Å². The number of nitrogens with zero attached hydrogens (tertiary/aromatic N) is 5. The number of hydrogen-bond donors (Lipinski definition) is 0. The summed E-state index contributed by atoms with van der Waals surface area (Å²) in [5.74, 6) is 0.630. The molecule has 0 aliphatic heterocycles. The van der Waals surface area contributed by atoms with E-state index in [1.165, 1.54) is 0 Å². The molecule has 3 aromatic heterocycles. The number of benzene rings is 9. The molecule has 12 bridgehead atoms. The Hall–Kier alpha value is -8.72. The first-order valence-corrected chi connectivity index (χ1v) is 21.1. The molecule has 12 rings (SSSR count). The van der Waals surface area contributed by atoms with E-state index < -0.39 is 0 Å². The van der Waals surface area contributed by atoms with E-state index in [0.29, 0.717) is 22.7 Å². The first-order valence-electron chi connectivity index (χ1n) is 21.1. The molecule has 3 heterocycles. The number of para-hydroxylation sites is 1. The molecule has 0 aliphatic carbocycles. The molecule has 0 saturated heterocycles. The predicted octanol–water partition coefficient (Wildman–Crippen LogP) is 14.8. The van der Waals surface area contributed by atoms with Crippen LogP contribution in [0.2, 0.25) is 0 Å². The molecule has 0 N–H and O–H groups in total. The van der Waals surface area contributed by atoms with Gasteiger partial charge in [-0.05, 0) is 116 Å². The van der Waals surface area contributed by atoms with Gasteiger partial charge < -0.3 is 4.57 Å². The summed E-state index contributed by atoms with van der Waals surface area (Å²) in [5.41, 5.74) is 8.28. The van der Waals surface area contributed by atoms with Crippen molar-refractivity contribution in [1.82, 2.24) is 19.5 Å². The second-order valence-electron chi connectivity index (χ2n) is 16.0. The Bertz CT molecular complexity index is 3960. The summed E-state index contributed by atoms with van der Waals surface area (Å²) in [6, 6.07) is 77.1. The zero-order valence-electron chi connectivity index (χ0n) is 33.9. The SMILES string of the molecule is N#Cc1ccc(-c2ccc3c4cc5cc(c6cccc(c6)c6cccc(c6)c6nc(-c7ccccc7)nc(n6)c6cccc(c6)c6cccc5c6)c4n(-c4ccccc4)c3c2)cc1. The van der Waals surface area contributed by atoms with Crippen molar-refractivity contribution in [1.29, 1.82) is 5.26 Å². The second-order valence-corrected chi connectivity index (χ2v) is 16.0. The minimum Gasteiger partial charge on any atom is -0.309 e. The van der Waals surface area contributed by atoms with Crippen molar-refractivity contribution >= 4 is 87.0 Å². The van der Waals surface area contributed by atoms with Crippen molar-refractivity contribution in [2.45, 2.75) is 0 Å². The van der Waals surface area contributed by atoms with Crippen LogP contribution in [0.4, 0.5) is 0 Å². The summed E-state index contributed by atoms with van der Waals surface area (Å²) in [5, 5.41) is 22.5. The molecule has 0 atom stereocenters. The van der Waals surface area contributed by atoms with Gasteiger partial charge in [-0.15, -0.1) is 0 Å². The van der Waals surface area contributed by atoms with Crippen LogP contribution in [0.3, 0.4) is 0 Å². The number of fused-ring (bicyclic) bond motifs is 22. The van der Waals surface area contributed by atoms with E-state index in [2.05, 4.69) is 168 Å². The van der Waals surface area contributed by atoms with Gasteiger partial charge in [0.2, 0.25) is 0 Å². The van der Waals surface area contributed by atoms with Gasteiger partial charge in [0.1, 0.15) is 0 Å². The molecule has 0 spiro atoms. The fourth-order valence-electron chi connectivity index (χ4n) is 9.07. The molecule has 0 aliphatic rings. The summed E-state index contributed by atoms with van der Waals surface area (Å²) in [6.45, 7) is 0. The molecule has 292 valence electrons. The van der Waals surface area contributed by atoms with Crippen molar-refractivity contribution in [2.75, 3.05) is 0 Å². The third-order valence-electron chi connectivity index (χ3n) is 12.2. The third-order valence-corrected chi connectivity index (χ3v) is 12.2. The van der Waals surface area contributed by atoms with Crippen molar-refractivity contribution < 1.29 is 0 Å². The van der Waals surface area contributed by atoms with Crippen LogP contribution in [0.15, 0.2) is 212 Å². The number of aromatic nitrogens is 4. The minimum atomic E-state index is 0.618. The molecular weight excluding hydrogens is 767 g/mol. The Morgan fingerprint density at radius 2 is 0.857 bits per heavy atom. The highest BCUT2D eigenvalue weighted by Crippen LogP contribution is 2.40. The summed E-state index contributed by atoms with van der Waals surface area (Å²) in [4.78, 5) is 15.3. The van der Waals surface area contributed by atoms with Crippen LogP contribution in [0.5, 0.6) is 0 Å². The van der Waals surface area contributed by atoms with Gasteiger partial charge >= 0.3 is 0 Å². The highest BCUT2D eigenvalue weighted by molar-refractivity contribution is 6.21. The van der Waals surface area contributed by atoms with Crippen LogP contribution in [0.25, 0.3) is 115 Å². The fourth-order valence-corrected chi connectivity index (χ4v) is 9.07. The lowest BCUT2D eigenvalue weighted by molar-refractivity contribution is 1.18. The first kappa shape index (κ1) is 36.2. The first-order chi connectivity index (χ1) is 31.1. The summed E-state index contributed by atoms with van der Waals surface area (Å²) in [6.07, 6.45) is 0. The van der Waals surface area contributed by atoms with Crippen molar-refractivity contribution in [3.63, 3.8) is 0 Å². The monoisotopic (exact) mass is 801 g/mol. The van der Waals surface area contributed by atoms with E-state index in [1.807, 2.05) is 54.6 Å². The van der Waals surface area contributed by atoms with Gasteiger partial charge in [0.25, 0.3) is 0 Å². The Labute approximate surface area is 362 Å². The average molecular weight is 802 g/mol. The van der Waals surface area contributed by atoms with Crippen molar-refractivity contribution in [3.05, 3.63) is 218 Å². The summed E-state index contributed by atoms with van der Waals surface area (Å²) < 4.78 is 2.42. The standard InChI is InChI=1S/C58H35N5/c59-36-37-23-25-38(26-24-37)45-27-28-51-53-34-49-33-52(55(53)63(54(51)35-45)50-21-5-2-6-22-50)46-18-8-14-41(30-46)43-16-10-20-48(32-43)58-61-56(39-11-3-1-4-12-39)60-57(62-58)47-19-9-15-42(31-47)40-13-7-17-44(49)29-40/h1-35H. The lowest BCUT2D eigenvalue weighted by atomic mass is 10.00. The molecular formula is C58H35N5. The maximum Gasteiger partial charge on any atom is 0.164 e. The Morgan fingerprint density at radius 1 is 0.349 bits per heavy atom. The Kier molecular flexibility index (Phi) is 8.48. The number of rotatable bonds is 3. The smallest absolute Gasteiger partial charge is 0.164 e. The van der Waals surface area contributed by atoms with Crippen molar-refractivity contribution in [2.24, 2.45) is 0 Å². The van der Waals surface area contributed by atoms with Crippen LogP contribution in [0, 0.1) is 11.3 Å². The number of hydrogen-bond acceptors (Lipinski definition) is 4. The van der Waals surface area contributed by atoms with E-state index in [-0.39, 0.29) is 0 Å². The van der Waals surface area contributed by atoms with E-state index in [4.69, 9.17) is 15.0 Å². The molecule has 0 fully saturated rings. The molecule has 12 aromatic rings. The highest BCUT2D eigenvalue weighted by Gasteiger charge is 2.17. The normalized spacial score (nSPS) is 11.5. The van der Waals surface area contributed by atoms with Crippen LogP contribution in [0.1, 0.15) is 5.56 Å². The van der Waals surface area contributed by atoms with Crippen LogP contribution < -0.4 is 0 Å². The minimum absolute atomic E-state index is 0.618. The molecule has 0 amide bonds. The Balaban J connectivity index is 1.26. The van der Waals surface area contributed by atoms with E-state index in [0.717, 1.165) is 98.0 Å². The molecule has 5 nitrogen and oxygen atoms in total. The van der Waals surface area contributed by atoms with E-state index in [9.17, 15) is 5.26 Å². The molecule has 0 radical (unpaired) electrons. The molecule has 0 unspecified atom stereocenters. The van der Waals surface area contributed by atoms with Crippen LogP contribution in [-0.2, 0) is 0 Å². The molecule has 0 saturated carbocycles. The van der Waals surface area contributed by atoms with Gasteiger partial charge in [-0.25, -0.2) is 15.0 Å². The van der Waals surface area contributed by atoms with Gasteiger partial charge in [-0.2, -0.15) is 5.26 Å². The maximum atomic E-state index is 9.51. The summed E-state index contributed by atoms with van der Waals surface area (Å²) >= 11 is 0. The van der Waals surface area contributed by atoms with Crippen molar-refractivity contribution in [3.8, 4) is 34.3 Å². The largest absolute Gasteiger partial charge is 0.309 e. The highest BCUT2D eigenvalue weighted by atomic mass is 15.0. The quantitative estimate of drug-likeness (QED) is 0.178. The van der Waals surface area contributed by atoms with E-state index >= 15 is 0 Å². The average Bonchev–Trinajstić information content (AvgIpc) is 3.70. The van der Waals surface area contributed by atoms with E-state index in [1.54, 1.807) is 0 Å². The Morgan fingerprint density at radius 3 is 1.48 bits per heavy atom. The second kappa shape index (κ2) is 14.8. The van der Waals surface area contributed by atoms with Gasteiger partial charge in [0, 0.05) is 38.2 Å². The molecule has 5 heteroatoms. The number of nitriles is 1. The molecule has 9 aromatic carbocycles. The molecule has 63 heavy (non-hydrogen) atoms. The van der Waals surface area contributed by atoms with Gasteiger partial charge in [0.05, 0.1) is 22.7 Å². The fraction of sp³-hybridized carbons (Fsp3) is 0. The maximum absolute atomic E-state index is 9.51. The van der Waals surface area contributed by atoms with Crippen LogP contribution >= 0.6 is 0 Å². The summed E-state index contributed by atoms with van der Waals surface area (Å²) in [7, 11) is 0. The predicted molar refractivity (Wildman–Crippen MR) is 261 cm³/mol. The zero-order chi connectivity index (χ0) is 41.9. The lowest BCUT2D eigenvalue weighted by Crippen LogP contribution is -1.94. The zero-order valence-corrected chi connectivity index (χ0v) is 33.9. The third kappa shape index (κ3) is 6.37. The lowest BCUT2D eigenvalue weighted by Gasteiger charge is -2.11. The topological polar surface area (TPSA) is 67.4 Å². The van der Waals surface area contributed by atoms with Crippen LogP contribution in [-0.4, -0.2) is 19.5 Å². The van der Waals surface area contributed by atoms with Gasteiger partial charge in [0.15, 0.2) is 17.1 Å². The van der Waals surface area contributed by atoms with Gasteiger partial charge in [-0.1, -0.05) is 146 Å².